The lowest BCUT2D eigenvalue weighted by Crippen LogP contribution is -2.62. The van der Waals surface area contributed by atoms with Crippen LogP contribution in [0.2, 0.25) is 10.0 Å². The molecule has 0 radical (unpaired) electrons. The summed E-state index contributed by atoms with van der Waals surface area (Å²) in [6.07, 6.45) is 2.42. The van der Waals surface area contributed by atoms with Crippen LogP contribution in [0.3, 0.4) is 0 Å². The molecule has 1 unspecified atom stereocenters. The van der Waals surface area contributed by atoms with Crippen LogP contribution in [0.5, 0.6) is 11.5 Å². The fourth-order valence-corrected chi connectivity index (χ4v) is 10.3. The van der Waals surface area contributed by atoms with Gasteiger partial charge in [0, 0.05) is 60.9 Å². The van der Waals surface area contributed by atoms with Gasteiger partial charge in [-0.05, 0) is 68.1 Å². The first-order valence-corrected chi connectivity index (χ1v) is 21.3. The highest BCUT2D eigenvalue weighted by atomic mass is 35.5. The molecule has 0 aliphatic carbocycles. The van der Waals surface area contributed by atoms with Crippen molar-refractivity contribution in [2.24, 2.45) is 0 Å². The number of methoxy groups -OCH3 is 1. The molecular formula is C36H45Cl2N5O7S2. The average Bonchev–Trinajstić information content (AvgIpc) is 3.57. The Morgan fingerprint density at radius 2 is 1.31 bits per heavy atom. The summed E-state index contributed by atoms with van der Waals surface area (Å²) in [5.74, 6) is -0.106. The van der Waals surface area contributed by atoms with Crippen molar-refractivity contribution in [1.29, 1.82) is 0 Å². The minimum Gasteiger partial charge on any atom is -0.495 e. The lowest BCUT2D eigenvalue weighted by Gasteiger charge is -2.40. The summed E-state index contributed by atoms with van der Waals surface area (Å²) in [6, 6.07) is 16.6. The Labute approximate surface area is 316 Å². The zero-order chi connectivity index (χ0) is 37.3. The number of piperidine rings is 1. The number of benzene rings is 3. The number of ether oxygens (including phenoxy) is 2. The van der Waals surface area contributed by atoms with Gasteiger partial charge in [-0.1, -0.05) is 53.9 Å². The standard InChI is InChI=1S/C36H45Cl2N5O7S2/c1-4-50-30-24-31(49-3)32(52(47,48)43-17-7-6-8-18-43)23-29(30)36(35(44)41-19-21-42(22-20-41)51(45,46)5-2)39-33(25-9-13-27(37)14-10-25)34(40-36)26-11-15-28(38)16-12-26/h9-16,23-24,33-34,39-40H,4-8,17-22H2,1-3H3/t33-,34+,36?. The van der Waals surface area contributed by atoms with E-state index in [1.807, 2.05) is 24.3 Å². The number of sulfonamides is 2. The number of amides is 1. The van der Waals surface area contributed by atoms with Gasteiger partial charge in [0.15, 0.2) is 5.66 Å². The van der Waals surface area contributed by atoms with Crippen molar-refractivity contribution >= 4 is 49.2 Å². The molecule has 0 spiro atoms. The van der Waals surface area contributed by atoms with Crippen molar-refractivity contribution in [3.63, 3.8) is 0 Å². The molecule has 52 heavy (non-hydrogen) atoms. The molecule has 3 fully saturated rings. The van der Waals surface area contributed by atoms with Crippen LogP contribution in [0.1, 0.15) is 61.9 Å². The fourth-order valence-electron chi connectivity index (χ4n) is 7.26. The summed E-state index contributed by atoms with van der Waals surface area (Å²) in [5, 5.41) is 8.33. The predicted octanol–water partition coefficient (Wildman–Crippen LogP) is 4.90. The number of hydrogen-bond acceptors (Lipinski definition) is 9. The van der Waals surface area contributed by atoms with Crippen LogP contribution >= 0.6 is 23.2 Å². The summed E-state index contributed by atoms with van der Waals surface area (Å²) >= 11 is 12.6. The Bertz CT molecular complexity index is 1920. The first-order valence-electron chi connectivity index (χ1n) is 17.5. The lowest BCUT2D eigenvalue weighted by atomic mass is 9.95. The second-order valence-electron chi connectivity index (χ2n) is 13.1. The minimum absolute atomic E-state index is 0.0443. The smallest absolute Gasteiger partial charge is 0.262 e. The van der Waals surface area contributed by atoms with Gasteiger partial charge in [0.2, 0.25) is 20.0 Å². The van der Waals surface area contributed by atoms with E-state index in [0.717, 1.165) is 30.4 Å². The van der Waals surface area contributed by atoms with E-state index in [2.05, 4.69) is 10.6 Å². The number of nitrogens with one attached hydrogen (secondary N) is 2. The summed E-state index contributed by atoms with van der Waals surface area (Å²) in [4.78, 5) is 16.9. The van der Waals surface area contributed by atoms with E-state index >= 15 is 4.79 Å². The maximum absolute atomic E-state index is 15.3. The van der Waals surface area contributed by atoms with Crippen LogP contribution in [0.25, 0.3) is 0 Å². The number of piperazine rings is 1. The zero-order valence-corrected chi connectivity index (χ0v) is 32.6. The molecule has 3 aliphatic rings. The van der Waals surface area contributed by atoms with Crippen molar-refractivity contribution in [1.82, 2.24) is 24.1 Å². The lowest BCUT2D eigenvalue weighted by molar-refractivity contribution is -0.141. The third-order valence-electron chi connectivity index (χ3n) is 10.0. The van der Waals surface area contributed by atoms with Crippen molar-refractivity contribution in [3.8, 4) is 11.5 Å². The minimum atomic E-state index is -4.06. The zero-order valence-electron chi connectivity index (χ0n) is 29.5. The Morgan fingerprint density at radius 1 is 0.769 bits per heavy atom. The van der Waals surface area contributed by atoms with Crippen molar-refractivity contribution in [3.05, 3.63) is 87.4 Å². The number of nitrogens with zero attached hydrogens (tertiary/aromatic N) is 3. The van der Waals surface area contributed by atoms with Gasteiger partial charge in [-0.15, -0.1) is 0 Å². The van der Waals surface area contributed by atoms with Crippen LogP contribution in [-0.4, -0.2) is 95.0 Å². The number of carbonyl (C=O) groups is 1. The SMILES string of the molecule is CCOc1cc(OC)c(S(=O)(=O)N2CCCCC2)cc1C1(C(=O)N2CCN(S(=O)(=O)CC)CC2)N[C@H](c2ccc(Cl)cc2)[C@H](c2ccc(Cl)cc2)N1. The van der Waals surface area contributed by atoms with E-state index in [4.69, 9.17) is 32.7 Å². The predicted molar refractivity (Wildman–Crippen MR) is 201 cm³/mol. The van der Waals surface area contributed by atoms with Gasteiger partial charge >= 0.3 is 0 Å². The molecule has 6 rings (SSSR count). The number of carbonyl (C=O) groups excluding carboxylic acids is 1. The van der Waals surface area contributed by atoms with Gasteiger partial charge in [0.05, 0.1) is 31.6 Å². The summed E-state index contributed by atoms with van der Waals surface area (Å²) in [6.45, 7) is 4.85. The van der Waals surface area contributed by atoms with Crippen LogP contribution in [0, 0.1) is 0 Å². The van der Waals surface area contributed by atoms with Gasteiger partial charge in [-0.2, -0.15) is 8.61 Å². The molecule has 0 bridgehead atoms. The Hall–Kier alpha value is -2.95. The first kappa shape index (κ1) is 38.8. The van der Waals surface area contributed by atoms with E-state index in [9.17, 15) is 16.8 Å². The number of rotatable bonds is 11. The summed E-state index contributed by atoms with van der Waals surface area (Å²) < 4.78 is 68.9. The molecule has 3 aliphatic heterocycles. The van der Waals surface area contributed by atoms with Crippen molar-refractivity contribution in [2.45, 2.75) is 55.8 Å². The Balaban J connectivity index is 1.56. The largest absolute Gasteiger partial charge is 0.495 e. The molecule has 3 aromatic carbocycles. The first-order chi connectivity index (χ1) is 24.8. The van der Waals surface area contributed by atoms with Gasteiger partial charge < -0.3 is 14.4 Å². The van der Waals surface area contributed by atoms with E-state index in [0.29, 0.717) is 23.1 Å². The Kier molecular flexibility index (Phi) is 11.8. The number of halogens is 2. The third kappa shape index (κ3) is 7.54. The molecule has 3 heterocycles. The van der Waals surface area contributed by atoms with E-state index in [1.54, 1.807) is 43.0 Å². The molecule has 2 N–H and O–H groups in total. The molecule has 0 saturated carbocycles. The van der Waals surface area contributed by atoms with Gasteiger partial charge in [0.1, 0.15) is 16.4 Å². The fraction of sp³-hybridized carbons (Fsp3) is 0.472. The maximum Gasteiger partial charge on any atom is 0.262 e. The van der Waals surface area contributed by atoms with Crippen LogP contribution in [-0.2, 0) is 30.5 Å². The quantitative estimate of drug-likeness (QED) is 0.278. The van der Waals surface area contributed by atoms with Crippen LogP contribution in [0.4, 0.5) is 0 Å². The van der Waals surface area contributed by atoms with E-state index in [-0.39, 0.29) is 60.5 Å². The monoisotopic (exact) mass is 793 g/mol. The molecular weight excluding hydrogens is 749 g/mol. The topological polar surface area (TPSA) is 138 Å². The third-order valence-corrected chi connectivity index (χ3v) is 14.3. The number of hydrogen-bond donors (Lipinski definition) is 2. The van der Waals surface area contributed by atoms with Crippen LogP contribution < -0.4 is 20.1 Å². The second-order valence-corrected chi connectivity index (χ2v) is 18.1. The molecule has 3 aromatic rings. The van der Waals surface area contributed by atoms with E-state index < -0.39 is 43.7 Å². The molecule has 1 amide bonds. The van der Waals surface area contributed by atoms with Gasteiger partial charge in [-0.25, -0.2) is 16.8 Å². The summed E-state index contributed by atoms with van der Waals surface area (Å²) in [5.41, 5.74) is 0.134. The van der Waals surface area contributed by atoms with Gasteiger partial charge in [-0.3, -0.25) is 15.4 Å². The molecule has 0 aromatic heterocycles. The van der Waals surface area contributed by atoms with E-state index in [1.165, 1.54) is 27.9 Å². The van der Waals surface area contributed by atoms with Gasteiger partial charge in [0.25, 0.3) is 5.91 Å². The molecule has 3 atom stereocenters. The molecule has 3 saturated heterocycles. The second kappa shape index (κ2) is 15.8. The molecule has 282 valence electrons. The highest BCUT2D eigenvalue weighted by Gasteiger charge is 2.55. The normalized spacial score (nSPS) is 23.4. The average molecular weight is 795 g/mol. The molecule has 12 nitrogen and oxygen atoms in total. The summed E-state index contributed by atoms with van der Waals surface area (Å²) in [7, 11) is -6.13. The molecule has 16 heteroatoms. The van der Waals surface area contributed by atoms with Crippen LogP contribution in [0.15, 0.2) is 65.6 Å². The Morgan fingerprint density at radius 3 is 1.79 bits per heavy atom. The van der Waals surface area contributed by atoms with Crippen molar-refractivity contribution in [2.75, 3.05) is 58.7 Å². The van der Waals surface area contributed by atoms with Crippen molar-refractivity contribution < 1.29 is 31.1 Å². The highest BCUT2D eigenvalue weighted by molar-refractivity contribution is 7.89. The highest BCUT2D eigenvalue weighted by Crippen LogP contribution is 2.47. The maximum atomic E-state index is 15.3.